The van der Waals surface area contributed by atoms with E-state index < -0.39 is 0 Å². The Hall–Kier alpha value is -2.28. The number of benzene rings is 1. The van der Waals surface area contributed by atoms with Gasteiger partial charge in [0.05, 0.1) is 12.1 Å². The van der Waals surface area contributed by atoms with Crippen molar-refractivity contribution in [2.75, 3.05) is 33.4 Å². The highest BCUT2D eigenvalue weighted by Crippen LogP contribution is 2.18. The summed E-state index contributed by atoms with van der Waals surface area (Å²) in [5.74, 6) is 1.44. The lowest BCUT2D eigenvalue weighted by atomic mass is 10.1. The zero-order valence-electron chi connectivity index (χ0n) is 17.5. The van der Waals surface area contributed by atoms with E-state index in [1.807, 2.05) is 45.0 Å². The maximum atomic E-state index is 11.7. The highest BCUT2D eigenvalue weighted by Gasteiger charge is 2.23. The van der Waals surface area contributed by atoms with Crippen molar-refractivity contribution in [2.45, 2.75) is 51.7 Å². The van der Waals surface area contributed by atoms with E-state index in [9.17, 15) is 4.79 Å². The van der Waals surface area contributed by atoms with Crippen LogP contribution in [0.25, 0.3) is 0 Å². The van der Waals surface area contributed by atoms with E-state index in [1.54, 1.807) is 7.11 Å². The van der Waals surface area contributed by atoms with E-state index in [-0.39, 0.29) is 18.1 Å². The molecule has 3 N–H and O–H groups in total. The number of methoxy groups -OCH3 is 1. The van der Waals surface area contributed by atoms with Gasteiger partial charge in [-0.2, -0.15) is 0 Å². The Morgan fingerprint density at radius 3 is 2.54 bits per heavy atom. The molecular formula is C21H34N4O3. The Labute approximate surface area is 168 Å². The number of amides is 1. The second kappa shape index (κ2) is 10.9. The molecule has 0 spiro atoms. The molecule has 0 saturated heterocycles. The molecule has 0 radical (unpaired) electrons. The van der Waals surface area contributed by atoms with Crippen LogP contribution in [0.15, 0.2) is 29.3 Å². The predicted molar refractivity (Wildman–Crippen MR) is 112 cm³/mol. The summed E-state index contributed by atoms with van der Waals surface area (Å²) in [7, 11) is 1.70. The van der Waals surface area contributed by atoms with Crippen LogP contribution >= 0.6 is 0 Å². The van der Waals surface area contributed by atoms with Crippen LogP contribution in [0, 0.1) is 0 Å². The molecule has 1 fully saturated rings. The van der Waals surface area contributed by atoms with Gasteiger partial charge in [-0.15, -0.1) is 0 Å². The minimum Gasteiger partial charge on any atom is -0.484 e. The van der Waals surface area contributed by atoms with Gasteiger partial charge in [0.15, 0.2) is 12.6 Å². The highest BCUT2D eigenvalue weighted by atomic mass is 16.5. The van der Waals surface area contributed by atoms with Gasteiger partial charge in [-0.1, -0.05) is 12.1 Å². The van der Waals surface area contributed by atoms with Crippen molar-refractivity contribution in [3.05, 3.63) is 29.8 Å². The molecule has 0 aromatic heterocycles. The molecule has 1 saturated carbocycles. The summed E-state index contributed by atoms with van der Waals surface area (Å²) in [6.07, 6.45) is 3.03. The monoisotopic (exact) mass is 390 g/mol. The van der Waals surface area contributed by atoms with Gasteiger partial charge in [0.1, 0.15) is 5.75 Å². The van der Waals surface area contributed by atoms with Crippen LogP contribution in [0.1, 0.15) is 39.2 Å². The Kier molecular flexibility index (Phi) is 8.57. The summed E-state index contributed by atoms with van der Waals surface area (Å²) in [6, 6.07) is 8.21. The standard InChI is InChI=1S/C21H34N4O3/c1-5-22-20(24-15-21(2,3)27-4)23-13-12-16-6-10-18(11-7-16)28-14-19(26)25-17-8-9-17/h6-7,10-11,17H,5,8-9,12-15H2,1-4H3,(H,25,26)(H2,22,23,24). The lowest BCUT2D eigenvalue weighted by Gasteiger charge is -2.21. The van der Waals surface area contributed by atoms with Crippen LogP contribution in [-0.2, 0) is 16.0 Å². The number of carbonyl (C=O) groups is 1. The van der Waals surface area contributed by atoms with Crippen LogP contribution in [0.2, 0.25) is 0 Å². The van der Waals surface area contributed by atoms with Crippen molar-refractivity contribution in [2.24, 2.45) is 4.99 Å². The summed E-state index contributed by atoms with van der Waals surface area (Å²) in [4.78, 5) is 16.2. The number of carbonyl (C=O) groups excluding carboxylic acids is 1. The zero-order chi connectivity index (χ0) is 20.4. The van der Waals surface area contributed by atoms with E-state index in [0.717, 1.165) is 38.3 Å². The molecule has 0 unspecified atom stereocenters. The topological polar surface area (TPSA) is 84.0 Å². The molecule has 28 heavy (non-hydrogen) atoms. The number of nitrogens with one attached hydrogen (secondary N) is 3. The molecule has 7 nitrogen and oxygen atoms in total. The van der Waals surface area contributed by atoms with E-state index in [2.05, 4.69) is 20.9 Å². The first kappa shape index (κ1) is 22.0. The molecule has 2 rings (SSSR count). The van der Waals surface area contributed by atoms with Gasteiger partial charge < -0.3 is 25.4 Å². The first-order valence-corrected chi connectivity index (χ1v) is 10.0. The fraction of sp³-hybridized carbons (Fsp3) is 0.619. The summed E-state index contributed by atoms with van der Waals surface area (Å²) < 4.78 is 10.9. The van der Waals surface area contributed by atoms with E-state index >= 15 is 0 Å². The second-order valence-electron chi connectivity index (χ2n) is 7.61. The minimum absolute atomic E-state index is 0.0531. The third-order valence-electron chi connectivity index (χ3n) is 4.46. The van der Waals surface area contributed by atoms with Gasteiger partial charge in [0, 0.05) is 26.2 Å². The largest absolute Gasteiger partial charge is 0.484 e. The van der Waals surface area contributed by atoms with Gasteiger partial charge in [-0.25, -0.2) is 0 Å². The molecule has 1 amide bonds. The third-order valence-corrected chi connectivity index (χ3v) is 4.46. The van der Waals surface area contributed by atoms with Gasteiger partial charge in [0.25, 0.3) is 5.91 Å². The van der Waals surface area contributed by atoms with E-state index in [0.29, 0.717) is 18.3 Å². The van der Waals surface area contributed by atoms with Crippen molar-refractivity contribution in [1.82, 2.24) is 16.0 Å². The van der Waals surface area contributed by atoms with Crippen molar-refractivity contribution in [3.63, 3.8) is 0 Å². The van der Waals surface area contributed by atoms with E-state index in [1.165, 1.54) is 5.56 Å². The molecule has 0 bridgehead atoms. The molecule has 156 valence electrons. The van der Waals surface area contributed by atoms with Crippen LogP contribution in [-0.4, -0.2) is 56.9 Å². The lowest BCUT2D eigenvalue weighted by molar-refractivity contribution is -0.123. The molecule has 1 aromatic rings. The average molecular weight is 391 g/mol. The van der Waals surface area contributed by atoms with Gasteiger partial charge in [-0.3, -0.25) is 9.79 Å². The van der Waals surface area contributed by atoms with Crippen LogP contribution in [0.5, 0.6) is 5.75 Å². The molecule has 0 aliphatic heterocycles. The second-order valence-corrected chi connectivity index (χ2v) is 7.61. The van der Waals surface area contributed by atoms with Gasteiger partial charge >= 0.3 is 0 Å². The van der Waals surface area contributed by atoms with Gasteiger partial charge in [-0.05, 0) is 57.7 Å². The molecule has 1 aliphatic rings. The summed E-state index contributed by atoms with van der Waals surface area (Å²) in [5.41, 5.74) is 0.906. The molecule has 7 heteroatoms. The summed E-state index contributed by atoms with van der Waals surface area (Å²) in [6.45, 7) is 8.29. The number of guanidine groups is 1. The number of ether oxygens (including phenoxy) is 2. The fourth-order valence-electron chi connectivity index (χ4n) is 2.40. The number of nitrogens with zero attached hydrogens (tertiary/aromatic N) is 1. The van der Waals surface area contributed by atoms with Crippen LogP contribution < -0.4 is 20.7 Å². The molecule has 0 heterocycles. The highest BCUT2D eigenvalue weighted by molar-refractivity contribution is 5.79. The minimum atomic E-state index is -0.284. The Bertz CT molecular complexity index is 640. The Morgan fingerprint density at radius 2 is 1.93 bits per heavy atom. The Balaban J connectivity index is 1.73. The number of hydrogen-bond acceptors (Lipinski definition) is 4. The molecule has 0 atom stereocenters. The summed E-state index contributed by atoms with van der Waals surface area (Å²) >= 11 is 0. The van der Waals surface area contributed by atoms with Crippen molar-refractivity contribution >= 4 is 11.9 Å². The number of rotatable bonds is 11. The van der Waals surface area contributed by atoms with E-state index in [4.69, 9.17) is 9.47 Å². The van der Waals surface area contributed by atoms with Crippen molar-refractivity contribution in [3.8, 4) is 5.75 Å². The number of aliphatic imine (C=N–C) groups is 1. The first-order valence-electron chi connectivity index (χ1n) is 10.0. The zero-order valence-corrected chi connectivity index (χ0v) is 17.5. The van der Waals surface area contributed by atoms with Crippen molar-refractivity contribution < 1.29 is 14.3 Å². The normalized spacial score (nSPS) is 14.5. The van der Waals surface area contributed by atoms with Crippen LogP contribution in [0.3, 0.4) is 0 Å². The lowest BCUT2D eigenvalue weighted by Crippen LogP contribution is -2.40. The maximum absolute atomic E-state index is 11.7. The van der Waals surface area contributed by atoms with Crippen molar-refractivity contribution in [1.29, 1.82) is 0 Å². The first-order chi connectivity index (χ1) is 13.4. The summed E-state index contributed by atoms with van der Waals surface area (Å²) in [5, 5.41) is 9.50. The average Bonchev–Trinajstić information content (AvgIpc) is 3.49. The SMILES string of the molecule is CCNC(=NCC(C)(C)OC)NCCc1ccc(OCC(=O)NC2CC2)cc1. The fourth-order valence-corrected chi connectivity index (χ4v) is 2.40. The smallest absolute Gasteiger partial charge is 0.258 e. The van der Waals surface area contributed by atoms with Gasteiger partial charge in [0.2, 0.25) is 0 Å². The Morgan fingerprint density at radius 1 is 1.21 bits per heavy atom. The molecule has 1 aromatic carbocycles. The molecular weight excluding hydrogens is 356 g/mol. The maximum Gasteiger partial charge on any atom is 0.258 e. The van der Waals surface area contributed by atoms with Crippen LogP contribution in [0.4, 0.5) is 0 Å². The number of hydrogen-bond donors (Lipinski definition) is 3. The third kappa shape index (κ3) is 8.61. The predicted octanol–water partition coefficient (Wildman–Crippen LogP) is 1.87. The molecule has 1 aliphatic carbocycles. The quantitative estimate of drug-likeness (QED) is 0.397.